The molecule has 0 fully saturated rings. The lowest BCUT2D eigenvalue weighted by molar-refractivity contribution is 0.111. The molecule has 2 aromatic rings. The molecule has 0 aliphatic rings. The van der Waals surface area contributed by atoms with E-state index in [-0.39, 0.29) is 6.04 Å². The summed E-state index contributed by atoms with van der Waals surface area (Å²) in [6.45, 7) is 3.39. The fourth-order valence-electron chi connectivity index (χ4n) is 1.87. The molecule has 0 saturated heterocycles. The number of hydrogen-bond acceptors (Lipinski definition) is 3. The van der Waals surface area contributed by atoms with Crippen LogP contribution in [0.2, 0.25) is 0 Å². The van der Waals surface area contributed by atoms with Crippen molar-refractivity contribution in [3.63, 3.8) is 0 Å². The van der Waals surface area contributed by atoms with Gasteiger partial charge in [0.25, 0.3) is 0 Å². The smallest absolute Gasteiger partial charge is 0.153 e. The summed E-state index contributed by atoms with van der Waals surface area (Å²) in [5, 5.41) is 3.39. The summed E-state index contributed by atoms with van der Waals surface area (Å²) < 4.78 is 5.68. The van der Waals surface area contributed by atoms with Crippen molar-refractivity contribution in [2.45, 2.75) is 19.5 Å². The van der Waals surface area contributed by atoms with Crippen LogP contribution in [0.1, 0.15) is 22.8 Å². The van der Waals surface area contributed by atoms with Crippen LogP contribution < -0.4 is 10.1 Å². The molecule has 1 N–H and O–H groups in total. The molecule has 1 atom stereocenters. The molecule has 3 nitrogen and oxygen atoms in total. The van der Waals surface area contributed by atoms with E-state index in [1.54, 1.807) is 6.07 Å². The first-order valence-electron chi connectivity index (χ1n) is 6.74. The Labute approximate surface area is 119 Å². The lowest BCUT2D eigenvalue weighted by Crippen LogP contribution is -2.31. The van der Waals surface area contributed by atoms with Crippen LogP contribution >= 0.6 is 0 Å². The Morgan fingerprint density at radius 2 is 1.80 bits per heavy atom. The highest BCUT2D eigenvalue weighted by Crippen LogP contribution is 2.15. The topological polar surface area (TPSA) is 38.3 Å². The number of hydrogen-bond donors (Lipinski definition) is 1. The van der Waals surface area contributed by atoms with E-state index in [2.05, 4.69) is 24.4 Å². The van der Waals surface area contributed by atoms with Crippen LogP contribution in [0.15, 0.2) is 54.6 Å². The van der Waals surface area contributed by atoms with Gasteiger partial charge in [-0.2, -0.15) is 0 Å². The van der Waals surface area contributed by atoms with E-state index in [0.29, 0.717) is 17.9 Å². The third-order valence-electron chi connectivity index (χ3n) is 3.03. The van der Waals surface area contributed by atoms with Crippen LogP contribution in [-0.4, -0.2) is 18.9 Å². The summed E-state index contributed by atoms with van der Waals surface area (Å²) in [6, 6.07) is 17.7. The van der Waals surface area contributed by atoms with Crippen molar-refractivity contribution in [3.05, 3.63) is 65.7 Å². The number of nitrogens with one attached hydrogen (secondary N) is 1. The van der Waals surface area contributed by atoms with E-state index >= 15 is 0 Å². The van der Waals surface area contributed by atoms with Crippen molar-refractivity contribution in [2.75, 3.05) is 6.61 Å². The van der Waals surface area contributed by atoms with E-state index in [0.717, 1.165) is 12.8 Å². The zero-order valence-corrected chi connectivity index (χ0v) is 11.6. The van der Waals surface area contributed by atoms with Crippen molar-refractivity contribution in [3.8, 4) is 5.75 Å². The Bertz CT molecular complexity index is 540. The highest BCUT2D eigenvalue weighted by atomic mass is 16.5. The van der Waals surface area contributed by atoms with E-state index < -0.39 is 0 Å². The molecular formula is C17H19NO2. The molecule has 104 valence electrons. The van der Waals surface area contributed by atoms with Gasteiger partial charge in [0.15, 0.2) is 6.29 Å². The zero-order chi connectivity index (χ0) is 14.2. The number of carbonyl (C=O) groups excluding carboxylic acids is 1. The second-order valence-corrected chi connectivity index (χ2v) is 4.73. The molecule has 0 amide bonds. The molecule has 2 rings (SSSR count). The van der Waals surface area contributed by atoms with Gasteiger partial charge in [-0.15, -0.1) is 0 Å². The third-order valence-corrected chi connectivity index (χ3v) is 3.03. The maximum atomic E-state index is 10.9. The van der Waals surface area contributed by atoms with Crippen LogP contribution in [0.3, 0.4) is 0 Å². The maximum absolute atomic E-state index is 10.9. The van der Waals surface area contributed by atoms with Crippen LogP contribution in [0.25, 0.3) is 0 Å². The molecule has 0 radical (unpaired) electrons. The molecule has 0 spiro atoms. The van der Waals surface area contributed by atoms with Gasteiger partial charge in [-0.25, -0.2) is 0 Å². The molecule has 0 aliphatic carbocycles. The molecular weight excluding hydrogens is 250 g/mol. The first-order valence-corrected chi connectivity index (χ1v) is 6.74. The summed E-state index contributed by atoms with van der Waals surface area (Å²) in [7, 11) is 0. The van der Waals surface area contributed by atoms with Crippen LogP contribution in [0, 0.1) is 0 Å². The van der Waals surface area contributed by atoms with Gasteiger partial charge in [0.1, 0.15) is 12.4 Å². The quantitative estimate of drug-likeness (QED) is 0.785. The zero-order valence-electron chi connectivity index (χ0n) is 11.6. The van der Waals surface area contributed by atoms with Gasteiger partial charge in [0, 0.05) is 12.6 Å². The Kier molecular flexibility index (Phi) is 5.33. The van der Waals surface area contributed by atoms with Crippen LogP contribution in [0.5, 0.6) is 5.75 Å². The molecule has 1 unspecified atom stereocenters. The Morgan fingerprint density at radius 1 is 1.10 bits per heavy atom. The molecule has 0 bridgehead atoms. The van der Waals surface area contributed by atoms with Gasteiger partial charge >= 0.3 is 0 Å². The minimum absolute atomic E-state index is 0.204. The molecule has 3 heteroatoms. The van der Waals surface area contributed by atoms with Gasteiger partial charge < -0.3 is 10.1 Å². The van der Waals surface area contributed by atoms with Gasteiger partial charge in [0.2, 0.25) is 0 Å². The van der Waals surface area contributed by atoms with Crippen molar-refractivity contribution in [2.24, 2.45) is 0 Å². The molecule has 0 heterocycles. The highest BCUT2D eigenvalue weighted by Gasteiger charge is 2.05. The number of benzene rings is 2. The predicted octanol–water partition coefficient (Wildman–Crippen LogP) is 3.06. The average molecular weight is 269 g/mol. The summed E-state index contributed by atoms with van der Waals surface area (Å²) in [5.41, 5.74) is 1.83. The Morgan fingerprint density at radius 3 is 2.55 bits per heavy atom. The van der Waals surface area contributed by atoms with Gasteiger partial charge in [-0.1, -0.05) is 42.5 Å². The monoisotopic (exact) mass is 269 g/mol. The molecule has 20 heavy (non-hydrogen) atoms. The average Bonchev–Trinajstić information content (AvgIpc) is 2.52. The SMILES string of the molecule is CC(COc1ccccc1C=O)NCc1ccccc1. The van der Waals surface area contributed by atoms with E-state index in [9.17, 15) is 4.79 Å². The van der Waals surface area contributed by atoms with Crippen molar-refractivity contribution >= 4 is 6.29 Å². The first kappa shape index (κ1) is 14.3. The Balaban J connectivity index is 1.80. The van der Waals surface area contributed by atoms with Crippen LogP contribution in [-0.2, 0) is 6.54 Å². The Hall–Kier alpha value is -2.13. The third kappa shape index (κ3) is 4.21. The standard InChI is InChI=1S/C17H19NO2/c1-14(18-11-15-7-3-2-4-8-15)13-20-17-10-6-5-9-16(17)12-19/h2-10,12,14,18H,11,13H2,1H3. The second kappa shape index (κ2) is 7.46. The second-order valence-electron chi connectivity index (χ2n) is 4.73. The van der Waals surface area contributed by atoms with Crippen LogP contribution in [0.4, 0.5) is 0 Å². The number of carbonyl (C=O) groups is 1. The van der Waals surface area contributed by atoms with E-state index in [1.807, 2.05) is 36.4 Å². The minimum Gasteiger partial charge on any atom is -0.491 e. The number of rotatable bonds is 7. The highest BCUT2D eigenvalue weighted by molar-refractivity contribution is 5.79. The molecule has 0 aromatic heterocycles. The summed E-state index contributed by atoms with van der Waals surface area (Å²) in [6.07, 6.45) is 0.817. The molecule has 0 aliphatic heterocycles. The number of para-hydroxylation sites is 1. The van der Waals surface area contributed by atoms with E-state index in [1.165, 1.54) is 5.56 Å². The lowest BCUT2D eigenvalue weighted by Gasteiger charge is -2.15. The van der Waals surface area contributed by atoms with E-state index in [4.69, 9.17) is 4.74 Å². The summed E-state index contributed by atoms with van der Waals surface area (Å²) in [5.74, 6) is 0.635. The van der Waals surface area contributed by atoms with Gasteiger partial charge in [-0.3, -0.25) is 4.79 Å². The minimum atomic E-state index is 0.204. The normalized spacial score (nSPS) is 11.8. The molecule has 2 aromatic carbocycles. The first-order chi connectivity index (χ1) is 9.79. The molecule has 0 saturated carbocycles. The number of aldehydes is 1. The maximum Gasteiger partial charge on any atom is 0.153 e. The fourth-order valence-corrected chi connectivity index (χ4v) is 1.87. The van der Waals surface area contributed by atoms with Crippen molar-refractivity contribution < 1.29 is 9.53 Å². The van der Waals surface area contributed by atoms with Crippen molar-refractivity contribution in [1.82, 2.24) is 5.32 Å². The lowest BCUT2D eigenvalue weighted by atomic mass is 10.2. The fraction of sp³-hybridized carbons (Fsp3) is 0.235. The van der Waals surface area contributed by atoms with Gasteiger partial charge in [0.05, 0.1) is 5.56 Å². The summed E-state index contributed by atoms with van der Waals surface area (Å²) >= 11 is 0. The van der Waals surface area contributed by atoms with Gasteiger partial charge in [-0.05, 0) is 24.6 Å². The number of ether oxygens (including phenoxy) is 1. The summed E-state index contributed by atoms with van der Waals surface area (Å²) in [4.78, 5) is 10.9. The predicted molar refractivity (Wildman–Crippen MR) is 80.1 cm³/mol. The largest absolute Gasteiger partial charge is 0.491 e. The van der Waals surface area contributed by atoms with Crippen molar-refractivity contribution in [1.29, 1.82) is 0 Å².